The smallest absolute Gasteiger partial charge is 0.355 e. The molecule has 0 aliphatic carbocycles. The maximum atomic E-state index is 13.2. The molecule has 1 aliphatic heterocycles. The Kier molecular flexibility index (Phi) is 4.31. The first-order valence-electron chi connectivity index (χ1n) is 9.22. The van der Waals surface area contributed by atoms with Gasteiger partial charge in [0.1, 0.15) is 5.82 Å². The molecule has 4 rings (SSSR count). The number of aromatic amines is 1. The lowest BCUT2D eigenvalue weighted by molar-refractivity contribution is -0.138. The molecule has 28 heavy (non-hydrogen) atoms. The molecule has 0 unspecified atom stereocenters. The summed E-state index contributed by atoms with van der Waals surface area (Å²) in [5.41, 5.74) is 0.0419. The zero-order valence-corrected chi connectivity index (χ0v) is 16.0. The molecule has 0 atom stereocenters. The van der Waals surface area contributed by atoms with Crippen LogP contribution in [0.4, 0.5) is 19.0 Å². The summed E-state index contributed by atoms with van der Waals surface area (Å²) >= 11 is 0. The first kappa shape index (κ1) is 18.7. The normalized spacial score (nSPS) is 15.7. The van der Waals surface area contributed by atoms with Crippen molar-refractivity contribution in [3.63, 3.8) is 0 Å². The largest absolute Gasteiger partial charge is 0.419 e. The third kappa shape index (κ3) is 3.31. The fraction of sp³-hybridized carbons (Fsp3) is 0.556. The molecular formula is C18H22F3N7. The van der Waals surface area contributed by atoms with Crippen molar-refractivity contribution in [2.75, 3.05) is 18.0 Å². The van der Waals surface area contributed by atoms with Gasteiger partial charge in [0.25, 0.3) is 0 Å². The van der Waals surface area contributed by atoms with E-state index in [0.29, 0.717) is 17.0 Å². The Morgan fingerprint density at radius 3 is 2.46 bits per heavy atom. The Labute approximate surface area is 160 Å². The Morgan fingerprint density at radius 2 is 1.82 bits per heavy atom. The summed E-state index contributed by atoms with van der Waals surface area (Å²) in [6.45, 7) is 7.77. The van der Waals surface area contributed by atoms with Crippen LogP contribution in [0.25, 0.3) is 11.2 Å². The van der Waals surface area contributed by atoms with Gasteiger partial charge in [0.05, 0.1) is 30.3 Å². The van der Waals surface area contributed by atoms with Crippen LogP contribution in [-0.4, -0.2) is 42.8 Å². The van der Waals surface area contributed by atoms with Gasteiger partial charge in [0.15, 0.2) is 17.0 Å². The van der Waals surface area contributed by atoms with Crippen molar-refractivity contribution in [2.24, 2.45) is 0 Å². The predicted octanol–water partition coefficient (Wildman–Crippen LogP) is 3.51. The predicted molar refractivity (Wildman–Crippen MR) is 98.2 cm³/mol. The molecule has 0 saturated carbocycles. The van der Waals surface area contributed by atoms with E-state index in [1.807, 2.05) is 20.8 Å². The van der Waals surface area contributed by atoms with E-state index in [-0.39, 0.29) is 17.7 Å². The average Bonchev–Trinajstić information content (AvgIpc) is 3.34. The number of alkyl halides is 3. The van der Waals surface area contributed by atoms with E-state index >= 15 is 0 Å². The zero-order chi connectivity index (χ0) is 20.1. The maximum absolute atomic E-state index is 13.2. The lowest BCUT2D eigenvalue weighted by Crippen LogP contribution is -2.24. The van der Waals surface area contributed by atoms with E-state index in [2.05, 4.69) is 25.1 Å². The summed E-state index contributed by atoms with van der Waals surface area (Å²) in [6, 6.07) is 0. The van der Waals surface area contributed by atoms with Crippen molar-refractivity contribution in [3.05, 3.63) is 29.6 Å². The van der Waals surface area contributed by atoms with Crippen LogP contribution in [0.1, 0.15) is 50.7 Å². The van der Waals surface area contributed by atoms with Crippen LogP contribution in [0.2, 0.25) is 0 Å². The molecule has 150 valence electrons. The van der Waals surface area contributed by atoms with E-state index in [0.717, 1.165) is 37.9 Å². The number of anilines is 1. The Balaban J connectivity index is 1.82. The van der Waals surface area contributed by atoms with Crippen molar-refractivity contribution in [2.45, 2.75) is 51.7 Å². The molecule has 0 aromatic carbocycles. The number of aromatic nitrogens is 6. The molecule has 0 amide bonds. The molecule has 1 N–H and O–H groups in total. The number of fused-ring (bicyclic) bond motifs is 1. The van der Waals surface area contributed by atoms with Gasteiger partial charge in [-0.15, -0.1) is 0 Å². The highest BCUT2D eigenvalue weighted by atomic mass is 19.4. The highest BCUT2D eigenvalue weighted by Gasteiger charge is 2.35. The van der Waals surface area contributed by atoms with Gasteiger partial charge in [0, 0.05) is 18.5 Å². The molecule has 3 aromatic heterocycles. The summed E-state index contributed by atoms with van der Waals surface area (Å²) in [5, 5.41) is 6.02. The summed E-state index contributed by atoms with van der Waals surface area (Å²) in [7, 11) is 0. The quantitative estimate of drug-likeness (QED) is 0.737. The molecular weight excluding hydrogens is 371 g/mol. The molecule has 0 bridgehead atoms. The summed E-state index contributed by atoms with van der Waals surface area (Å²) < 4.78 is 41.2. The highest BCUT2D eigenvalue weighted by Crippen LogP contribution is 2.33. The molecule has 4 heterocycles. The third-order valence-corrected chi connectivity index (χ3v) is 4.87. The Bertz CT molecular complexity index is 991. The fourth-order valence-corrected chi connectivity index (χ4v) is 3.38. The number of imidazole rings is 1. The maximum Gasteiger partial charge on any atom is 0.419 e. The van der Waals surface area contributed by atoms with Crippen molar-refractivity contribution < 1.29 is 13.2 Å². The molecule has 10 heteroatoms. The standard InChI is InChI=1S/C18H22F3N7/c1-17(2,3)16-24-14(27-6-4-5-7-27)13-15(25-16)28(10-22-13)9-12-11(8-23-26-12)18(19,20)21/h8,10H,4-7,9H2,1-3H3,(H,23,26). The topological polar surface area (TPSA) is 75.5 Å². The van der Waals surface area contributed by atoms with Crippen molar-refractivity contribution in [3.8, 4) is 0 Å². The summed E-state index contributed by atoms with van der Waals surface area (Å²) in [4.78, 5) is 16.0. The van der Waals surface area contributed by atoms with E-state index in [1.54, 1.807) is 4.57 Å². The van der Waals surface area contributed by atoms with Crippen LogP contribution >= 0.6 is 0 Å². The van der Waals surface area contributed by atoms with Gasteiger partial charge in [-0.05, 0) is 12.8 Å². The van der Waals surface area contributed by atoms with E-state index in [4.69, 9.17) is 4.98 Å². The number of rotatable bonds is 3. The first-order valence-corrected chi connectivity index (χ1v) is 9.22. The first-order chi connectivity index (χ1) is 13.1. The second-order valence-electron chi connectivity index (χ2n) is 8.12. The molecule has 3 aromatic rings. The van der Waals surface area contributed by atoms with E-state index in [1.165, 1.54) is 6.33 Å². The van der Waals surface area contributed by atoms with Gasteiger partial charge < -0.3 is 9.47 Å². The lowest BCUT2D eigenvalue weighted by atomic mass is 9.96. The number of nitrogens with one attached hydrogen (secondary N) is 1. The monoisotopic (exact) mass is 393 g/mol. The molecule has 1 aliphatic rings. The number of hydrogen-bond donors (Lipinski definition) is 1. The van der Waals surface area contributed by atoms with Crippen molar-refractivity contribution in [1.29, 1.82) is 0 Å². The summed E-state index contributed by atoms with van der Waals surface area (Å²) in [5.74, 6) is 1.40. The number of nitrogens with zero attached hydrogens (tertiary/aromatic N) is 6. The zero-order valence-electron chi connectivity index (χ0n) is 16.0. The van der Waals surface area contributed by atoms with Crippen molar-refractivity contribution in [1.82, 2.24) is 29.7 Å². The Morgan fingerprint density at radius 1 is 1.11 bits per heavy atom. The molecule has 0 spiro atoms. The summed E-state index contributed by atoms with van der Waals surface area (Å²) in [6.07, 6.45) is 0.0251. The minimum atomic E-state index is -4.47. The van der Waals surface area contributed by atoms with Crippen LogP contribution < -0.4 is 4.90 Å². The minimum absolute atomic E-state index is 0.0227. The number of hydrogen-bond acceptors (Lipinski definition) is 5. The highest BCUT2D eigenvalue weighted by molar-refractivity contribution is 5.84. The number of halogens is 3. The van der Waals surface area contributed by atoms with Gasteiger partial charge in [-0.25, -0.2) is 15.0 Å². The van der Waals surface area contributed by atoms with Gasteiger partial charge in [-0.2, -0.15) is 18.3 Å². The van der Waals surface area contributed by atoms with E-state index < -0.39 is 11.7 Å². The number of H-pyrrole nitrogens is 1. The average molecular weight is 393 g/mol. The lowest BCUT2D eigenvalue weighted by Gasteiger charge is -2.22. The fourth-order valence-electron chi connectivity index (χ4n) is 3.38. The van der Waals surface area contributed by atoms with E-state index in [9.17, 15) is 13.2 Å². The van der Waals surface area contributed by atoms with Gasteiger partial charge in [-0.1, -0.05) is 20.8 Å². The van der Waals surface area contributed by atoms with Crippen LogP contribution in [0, 0.1) is 0 Å². The molecule has 7 nitrogen and oxygen atoms in total. The van der Waals surface area contributed by atoms with Crippen LogP contribution in [-0.2, 0) is 18.1 Å². The second-order valence-corrected chi connectivity index (χ2v) is 8.12. The molecule has 1 fully saturated rings. The Hall–Kier alpha value is -2.65. The van der Waals surface area contributed by atoms with Gasteiger partial charge >= 0.3 is 6.18 Å². The van der Waals surface area contributed by atoms with Gasteiger partial charge in [-0.3, -0.25) is 5.10 Å². The molecule has 1 saturated heterocycles. The van der Waals surface area contributed by atoms with Crippen LogP contribution in [0.15, 0.2) is 12.5 Å². The SMILES string of the molecule is CC(C)(C)c1nc(N2CCCC2)c2ncn(Cc3[nH]ncc3C(F)(F)F)c2n1. The molecule has 0 radical (unpaired) electrons. The van der Waals surface area contributed by atoms with Crippen LogP contribution in [0.3, 0.4) is 0 Å². The van der Waals surface area contributed by atoms with Gasteiger partial charge in [0.2, 0.25) is 0 Å². The van der Waals surface area contributed by atoms with Crippen molar-refractivity contribution >= 4 is 17.0 Å². The third-order valence-electron chi connectivity index (χ3n) is 4.87. The second kappa shape index (κ2) is 6.46. The van der Waals surface area contributed by atoms with Crippen LogP contribution in [0.5, 0.6) is 0 Å². The minimum Gasteiger partial charge on any atom is -0.355 e.